The van der Waals surface area contributed by atoms with E-state index in [4.69, 9.17) is 32.2 Å². The number of nitro groups is 2. The molecule has 4 rings (SSSR count). The maximum atomic E-state index is 13.8. The van der Waals surface area contributed by atoms with Crippen molar-refractivity contribution in [3.05, 3.63) is 84.9 Å². The molecular formula is C18H9Cl2N2O7PS2. The molecule has 0 aliphatic carbocycles. The minimum atomic E-state index is -4.33. The van der Waals surface area contributed by atoms with Crippen LogP contribution in [-0.4, -0.2) is 9.85 Å². The van der Waals surface area contributed by atoms with Gasteiger partial charge in [0, 0.05) is 38.5 Å². The summed E-state index contributed by atoms with van der Waals surface area (Å²) in [5, 5.41) is 23.3. The quantitative estimate of drug-likeness (QED) is 0.190. The number of rotatable bonds is 4. The third kappa shape index (κ3) is 4.67. The van der Waals surface area contributed by atoms with Crippen LogP contribution in [0.15, 0.2) is 69.3 Å². The molecule has 3 aromatic carbocycles. The highest BCUT2D eigenvalue weighted by atomic mass is 35.5. The van der Waals surface area contributed by atoms with Crippen LogP contribution in [0.4, 0.5) is 11.4 Å². The first-order valence-corrected chi connectivity index (χ1v) is 13.1. The number of nitrogens with zero attached hydrogens (tertiary/aromatic N) is 2. The van der Waals surface area contributed by atoms with Gasteiger partial charge in [0.15, 0.2) is 0 Å². The number of hydrogen-bond acceptors (Lipinski definition) is 9. The molecule has 0 radical (unpaired) electrons. The fourth-order valence-corrected chi connectivity index (χ4v) is 7.78. The summed E-state index contributed by atoms with van der Waals surface area (Å²) in [7, 11) is 0. The van der Waals surface area contributed by atoms with Gasteiger partial charge in [-0.2, -0.15) is 0 Å². The van der Waals surface area contributed by atoms with E-state index in [9.17, 15) is 24.8 Å². The Bertz CT molecular complexity index is 1230. The molecule has 14 heteroatoms. The lowest BCUT2D eigenvalue weighted by molar-refractivity contribution is -0.385. The second-order valence-corrected chi connectivity index (χ2v) is 11.9. The van der Waals surface area contributed by atoms with Gasteiger partial charge in [0.1, 0.15) is 0 Å². The zero-order valence-corrected chi connectivity index (χ0v) is 19.5. The molecule has 1 heterocycles. The van der Waals surface area contributed by atoms with Gasteiger partial charge in [-0.05, 0) is 24.3 Å². The van der Waals surface area contributed by atoms with Gasteiger partial charge in [-0.25, -0.2) is 4.57 Å². The summed E-state index contributed by atoms with van der Waals surface area (Å²) in [6, 6.07) is 13.2. The van der Waals surface area contributed by atoms with Crippen molar-refractivity contribution in [3.8, 4) is 11.5 Å². The maximum absolute atomic E-state index is 13.8. The SMILES string of the molecule is O=[N+]([O-])c1cc(Cl)cc2c1OP(=O)(Sc1ccccc1)Oc1c(cc(Cl)cc1[N+](=O)[O-])S2. The Morgan fingerprint density at radius 1 is 0.844 bits per heavy atom. The predicted molar refractivity (Wildman–Crippen MR) is 121 cm³/mol. The second kappa shape index (κ2) is 8.84. The highest BCUT2D eigenvalue weighted by molar-refractivity contribution is 8.55. The van der Waals surface area contributed by atoms with Crippen molar-refractivity contribution in [3.63, 3.8) is 0 Å². The van der Waals surface area contributed by atoms with Crippen molar-refractivity contribution >= 4 is 64.5 Å². The van der Waals surface area contributed by atoms with Crippen LogP contribution in [0.25, 0.3) is 0 Å². The molecule has 0 saturated carbocycles. The lowest BCUT2D eigenvalue weighted by Gasteiger charge is -2.24. The predicted octanol–water partition coefficient (Wildman–Crippen LogP) is 7.63. The third-order valence-electron chi connectivity index (χ3n) is 3.98. The molecule has 0 fully saturated rings. The van der Waals surface area contributed by atoms with Crippen LogP contribution in [-0.2, 0) is 4.57 Å². The number of nitro benzene ring substituents is 2. The van der Waals surface area contributed by atoms with Crippen LogP contribution < -0.4 is 9.05 Å². The zero-order valence-electron chi connectivity index (χ0n) is 15.5. The molecule has 1 aliphatic heterocycles. The molecule has 1 aliphatic rings. The fourth-order valence-electron chi connectivity index (χ4n) is 2.72. The van der Waals surface area contributed by atoms with Crippen molar-refractivity contribution in [2.45, 2.75) is 14.7 Å². The third-order valence-corrected chi connectivity index (χ3v) is 8.73. The van der Waals surface area contributed by atoms with E-state index in [1.165, 1.54) is 12.1 Å². The summed E-state index contributed by atoms with van der Waals surface area (Å²) in [5.74, 6) is -0.658. The van der Waals surface area contributed by atoms with E-state index in [1.54, 1.807) is 30.3 Å². The number of halogens is 2. The van der Waals surface area contributed by atoms with E-state index >= 15 is 0 Å². The van der Waals surface area contributed by atoms with Gasteiger partial charge in [0.05, 0.1) is 19.6 Å². The summed E-state index contributed by atoms with van der Waals surface area (Å²) in [6.07, 6.45) is 0. The number of benzene rings is 3. The topological polar surface area (TPSA) is 122 Å². The van der Waals surface area contributed by atoms with Crippen LogP contribution in [0, 0.1) is 20.2 Å². The Kier molecular flexibility index (Phi) is 6.28. The molecule has 9 nitrogen and oxygen atoms in total. The Labute approximate surface area is 198 Å². The zero-order chi connectivity index (χ0) is 23.0. The molecule has 0 atom stereocenters. The number of hydrogen-bond donors (Lipinski definition) is 0. The molecule has 0 saturated heterocycles. The van der Waals surface area contributed by atoms with Crippen molar-refractivity contribution < 1.29 is 23.5 Å². The molecular weight excluding hydrogens is 522 g/mol. The molecule has 0 aromatic heterocycles. The van der Waals surface area contributed by atoms with E-state index in [-0.39, 0.29) is 31.3 Å². The highest BCUT2D eigenvalue weighted by Gasteiger charge is 2.40. The Hall–Kier alpha value is -2.43. The molecule has 0 N–H and O–H groups in total. The number of fused-ring (bicyclic) bond motifs is 2. The van der Waals surface area contributed by atoms with Crippen LogP contribution in [0.5, 0.6) is 11.5 Å². The average molecular weight is 531 g/mol. The Morgan fingerprint density at radius 3 is 1.75 bits per heavy atom. The van der Waals surface area contributed by atoms with E-state index in [0.717, 1.165) is 23.9 Å². The molecule has 0 bridgehead atoms. The van der Waals surface area contributed by atoms with E-state index in [2.05, 4.69) is 0 Å². The monoisotopic (exact) mass is 530 g/mol. The van der Waals surface area contributed by atoms with Gasteiger partial charge in [-0.15, -0.1) is 0 Å². The summed E-state index contributed by atoms with van der Waals surface area (Å²) in [4.78, 5) is 22.5. The normalized spacial score (nSPS) is 14.1. The first-order valence-electron chi connectivity index (χ1n) is 8.53. The summed E-state index contributed by atoms with van der Waals surface area (Å²) in [6.45, 7) is -4.33. The first kappa shape index (κ1) is 22.8. The van der Waals surface area contributed by atoms with Gasteiger partial charge >= 0.3 is 18.2 Å². The molecule has 32 heavy (non-hydrogen) atoms. The summed E-state index contributed by atoms with van der Waals surface area (Å²) >= 11 is 13.6. The summed E-state index contributed by atoms with van der Waals surface area (Å²) in [5.41, 5.74) is -1.06. The van der Waals surface area contributed by atoms with E-state index in [0.29, 0.717) is 16.3 Å². The first-order chi connectivity index (χ1) is 15.1. The van der Waals surface area contributed by atoms with Crippen LogP contribution >= 0.6 is 53.1 Å². The van der Waals surface area contributed by atoms with Crippen molar-refractivity contribution in [2.24, 2.45) is 0 Å². The average Bonchev–Trinajstić information content (AvgIpc) is 2.71. The largest absolute Gasteiger partial charge is 0.498 e. The van der Waals surface area contributed by atoms with Gasteiger partial charge < -0.3 is 9.05 Å². The molecule has 164 valence electrons. The van der Waals surface area contributed by atoms with E-state index < -0.39 is 28.0 Å². The Balaban J connectivity index is 1.98. The van der Waals surface area contributed by atoms with E-state index in [1.807, 2.05) is 0 Å². The fraction of sp³-hybridized carbons (Fsp3) is 0. The molecule has 0 spiro atoms. The van der Waals surface area contributed by atoms with Gasteiger partial charge in [0.2, 0.25) is 11.5 Å². The molecule has 0 amide bonds. The van der Waals surface area contributed by atoms with Gasteiger partial charge in [-0.1, -0.05) is 53.2 Å². The van der Waals surface area contributed by atoms with Crippen LogP contribution in [0.2, 0.25) is 10.0 Å². The lowest BCUT2D eigenvalue weighted by atomic mass is 10.3. The van der Waals surface area contributed by atoms with Crippen LogP contribution in [0.1, 0.15) is 0 Å². The maximum Gasteiger partial charge on any atom is 0.498 e. The van der Waals surface area contributed by atoms with Crippen molar-refractivity contribution in [1.29, 1.82) is 0 Å². The molecule has 0 unspecified atom stereocenters. The molecule has 3 aromatic rings. The Morgan fingerprint density at radius 2 is 1.31 bits per heavy atom. The van der Waals surface area contributed by atoms with Gasteiger partial charge in [0.25, 0.3) is 0 Å². The lowest BCUT2D eigenvalue weighted by Crippen LogP contribution is -2.06. The second-order valence-electron chi connectivity index (χ2n) is 6.15. The van der Waals surface area contributed by atoms with Crippen molar-refractivity contribution in [1.82, 2.24) is 0 Å². The smallest absolute Gasteiger partial charge is 0.400 e. The summed E-state index contributed by atoms with van der Waals surface area (Å²) < 4.78 is 25.1. The standard InChI is InChI=1S/C18H9Cl2N2O7PS2/c19-10-6-13(21(23)24)17-15(8-10)31-16-9-11(20)7-14(22(25)26)18(16)29-30(27,28-17)32-12-4-2-1-3-5-12/h1-9H. The van der Waals surface area contributed by atoms with Crippen molar-refractivity contribution in [2.75, 3.05) is 0 Å². The highest BCUT2D eigenvalue weighted by Crippen LogP contribution is 2.67. The van der Waals surface area contributed by atoms with Gasteiger partial charge in [-0.3, -0.25) is 20.2 Å². The minimum absolute atomic E-state index is 0.0247. The van der Waals surface area contributed by atoms with Crippen LogP contribution in [0.3, 0.4) is 0 Å². The minimum Gasteiger partial charge on any atom is -0.400 e.